The molecule has 148 valence electrons. The Kier molecular flexibility index (Phi) is 6.79. The van der Waals surface area contributed by atoms with Gasteiger partial charge in [0, 0.05) is 44.0 Å². The maximum atomic E-state index is 12.8. The van der Waals surface area contributed by atoms with Crippen molar-refractivity contribution in [3.63, 3.8) is 0 Å². The molecular formula is C20H31N5O2. The van der Waals surface area contributed by atoms with E-state index < -0.39 is 0 Å². The van der Waals surface area contributed by atoms with Crippen LogP contribution in [0.1, 0.15) is 41.7 Å². The Bertz CT molecular complexity index is 752. The number of fused-ring (bicyclic) bond motifs is 1. The van der Waals surface area contributed by atoms with Crippen molar-refractivity contribution in [2.45, 2.75) is 32.6 Å². The molecule has 0 atom stereocenters. The summed E-state index contributed by atoms with van der Waals surface area (Å²) in [6, 6.07) is 1.91. The number of aromatic nitrogens is 3. The third-order valence-electron chi connectivity index (χ3n) is 5.58. The molecule has 1 saturated heterocycles. The molecule has 3 heterocycles. The number of methoxy groups -OCH3 is 1. The Morgan fingerprint density at radius 2 is 2.15 bits per heavy atom. The molecule has 3 rings (SSSR count). The molecule has 2 aromatic rings. The number of nitrogens with zero attached hydrogens (tertiary/aromatic N) is 4. The highest BCUT2D eigenvalue weighted by Gasteiger charge is 2.24. The Morgan fingerprint density at radius 3 is 2.89 bits per heavy atom. The fourth-order valence-corrected chi connectivity index (χ4v) is 3.75. The van der Waals surface area contributed by atoms with Crippen molar-refractivity contribution in [2.24, 2.45) is 5.92 Å². The molecule has 0 saturated carbocycles. The highest BCUT2D eigenvalue weighted by atomic mass is 16.5. The molecule has 1 aliphatic heterocycles. The number of nitrogens with one attached hydrogen (secondary N) is 1. The number of hydrogen-bond acceptors (Lipinski definition) is 5. The maximum absolute atomic E-state index is 12.8. The third kappa shape index (κ3) is 5.05. The lowest BCUT2D eigenvalue weighted by molar-refractivity contribution is 0.0684. The van der Waals surface area contributed by atoms with Crippen LogP contribution in [-0.2, 0) is 4.74 Å². The monoisotopic (exact) mass is 373 g/mol. The number of likely N-dealkylation sites (N-methyl/N-ethyl adjacent to an activating group) is 1. The van der Waals surface area contributed by atoms with Gasteiger partial charge in [0.05, 0.1) is 12.2 Å². The van der Waals surface area contributed by atoms with Gasteiger partial charge in [0.15, 0.2) is 5.65 Å². The second-order valence-electron chi connectivity index (χ2n) is 7.62. The van der Waals surface area contributed by atoms with Gasteiger partial charge >= 0.3 is 0 Å². The number of carbonyl (C=O) groups excluding carboxylic acids is 1. The summed E-state index contributed by atoms with van der Waals surface area (Å²) >= 11 is 0. The average molecular weight is 374 g/mol. The van der Waals surface area contributed by atoms with Gasteiger partial charge in [-0.25, -0.2) is 4.98 Å². The van der Waals surface area contributed by atoms with Crippen molar-refractivity contribution >= 4 is 16.9 Å². The van der Waals surface area contributed by atoms with Crippen molar-refractivity contribution in [2.75, 3.05) is 46.9 Å². The first-order valence-electron chi connectivity index (χ1n) is 9.86. The van der Waals surface area contributed by atoms with E-state index in [4.69, 9.17) is 4.74 Å². The Balaban J connectivity index is 1.45. The van der Waals surface area contributed by atoms with Crippen LogP contribution in [0.3, 0.4) is 0 Å². The van der Waals surface area contributed by atoms with E-state index in [9.17, 15) is 4.79 Å². The minimum atomic E-state index is 0.0859. The zero-order valence-corrected chi connectivity index (χ0v) is 16.7. The summed E-state index contributed by atoms with van der Waals surface area (Å²) in [5.41, 5.74) is 2.27. The summed E-state index contributed by atoms with van der Waals surface area (Å²) < 4.78 is 5.12. The number of ether oxygens (including phenoxy) is 1. The predicted molar refractivity (Wildman–Crippen MR) is 106 cm³/mol. The van der Waals surface area contributed by atoms with Gasteiger partial charge in [0.2, 0.25) is 0 Å². The number of aryl methyl sites for hydroxylation is 1. The van der Waals surface area contributed by atoms with Crippen LogP contribution in [0.2, 0.25) is 0 Å². The summed E-state index contributed by atoms with van der Waals surface area (Å²) in [7, 11) is 3.89. The SMILES string of the molecule is COCCN(C)CCCC1CCN(C(=O)c2cnc3n[nH]c(C)c3c2)CC1. The lowest BCUT2D eigenvalue weighted by atomic mass is 9.92. The van der Waals surface area contributed by atoms with Crippen LogP contribution in [0.15, 0.2) is 12.3 Å². The molecule has 0 radical (unpaired) electrons. The van der Waals surface area contributed by atoms with E-state index in [1.807, 2.05) is 17.9 Å². The first kappa shape index (κ1) is 19.8. The van der Waals surface area contributed by atoms with Crippen LogP contribution in [0, 0.1) is 12.8 Å². The smallest absolute Gasteiger partial charge is 0.255 e. The minimum Gasteiger partial charge on any atom is -0.383 e. The maximum Gasteiger partial charge on any atom is 0.255 e. The van der Waals surface area contributed by atoms with Crippen molar-refractivity contribution in [3.05, 3.63) is 23.5 Å². The molecule has 0 unspecified atom stereocenters. The zero-order valence-electron chi connectivity index (χ0n) is 16.7. The largest absolute Gasteiger partial charge is 0.383 e. The van der Waals surface area contributed by atoms with Crippen LogP contribution in [-0.4, -0.2) is 77.8 Å². The molecule has 1 fully saturated rings. The lowest BCUT2D eigenvalue weighted by Gasteiger charge is -2.32. The number of likely N-dealkylation sites (tertiary alicyclic amines) is 1. The first-order chi connectivity index (χ1) is 13.1. The Labute approximate surface area is 161 Å². The van der Waals surface area contributed by atoms with E-state index in [0.29, 0.717) is 11.2 Å². The summed E-state index contributed by atoms with van der Waals surface area (Å²) in [4.78, 5) is 21.4. The average Bonchev–Trinajstić information content (AvgIpc) is 3.06. The number of rotatable bonds is 8. The van der Waals surface area contributed by atoms with Gasteiger partial charge in [-0.1, -0.05) is 0 Å². The van der Waals surface area contributed by atoms with Crippen LogP contribution < -0.4 is 0 Å². The van der Waals surface area contributed by atoms with E-state index in [0.717, 1.165) is 62.6 Å². The Hall–Kier alpha value is -1.99. The lowest BCUT2D eigenvalue weighted by Crippen LogP contribution is -2.38. The zero-order chi connectivity index (χ0) is 19.2. The second kappa shape index (κ2) is 9.28. The molecule has 1 amide bonds. The van der Waals surface area contributed by atoms with Crippen LogP contribution >= 0.6 is 0 Å². The topological polar surface area (TPSA) is 74.3 Å². The van der Waals surface area contributed by atoms with E-state index in [1.54, 1.807) is 13.3 Å². The predicted octanol–water partition coefficient (Wildman–Crippen LogP) is 2.48. The van der Waals surface area contributed by atoms with Crippen molar-refractivity contribution in [1.82, 2.24) is 25.0 Å². The van der Waals surface area contributed by atoms with E-state index in [-0.39, 0.29) is 5.91 Å². The van der Waals surface area contributed by atoms with Gasteiger partial charge in [-0.15, -0.1) is 0 Å². The standard InChI is InChI=1S/C20H31N5O2/c1-15-18-13-17(14-21-19(18)23-22-15)20(26)25-9-6-16(7-10-25)5-4-8-24(2)11-12-27-3/h13-14,16H,4-12H2,1-3H3,(H,21,22,23). The molecule has 1 N–H and O–H groups in total. The molecule has 0 aromatic carbocycles. The molecule has 0 aliphatic carbocycles. The number of carbonyl (C=O) groups is 1. The number of piperidine rings is 1. The van der Waals surface area contributed by atoms with Crippen molar-refractivity contribution in [3.8, 4) is 0 Å². The van der Waals surface area contributed by atoms with E-state index in [2.05, 4.69) is 27.1 Å². The van der Waals surface area contributed by atoms with E-state index >= 15 is 0 Å². The van der Waals surface area contributed by atoms with Crippen molar-refractivity contribution < 1.29 is 9.53 Å². The van der Waals surface area contributed by atoms with Gasteiger partial charge in [0.1, 0.15) is 0 Å². The summed E-state index contributed by atoms with van der Waals surface area (Å²) in [5, 5.41) is 7.97. The van der Waals surface area contributed by atoms with Crippen LogP contribution in [0.5, 0.6) is 0 Å². The number of aromatic amines is 1. The molecule has 2 aromatic heterocycles. The highest BCUT2D eigenvalue weighted by molar-refractivity contribution is 5.97. The number of amides is 1. The highest BCUT2D eigenvalue weighted by Crippen LogP contribution is 2.24. The molecule has 7 nitrogen and oxygen atoms in total. The number of hydrogen-bond donors (Lipinski definition) is 1. The second-order valence-corrected chi connectivity index (χ2v) is 7.62. The normalized spacial score (nSPS) is 15.8. The van der Waals surface area contributed by atoms with Gasteiger partial charge < -0.3 is 14.5 Å². The molecule has 0 bridgehead atoms. The molecule has 27 heavy (non-hydrogen) atoms. The number of pyridine rings is 1. The quantitative estimate of drug-likeness (QED) is 0.769. The van der Waals surface area contributed by atoms with Crippen molar-refractivity contribution in [1.29, 1.82) is 0 Å². The minimum absolute atomic E-state index is 0.0859. The molecule has 1 aliphatic rings. The fourth-order valence-electron chi connectivity index (χ4n) is 3.75. The molecule has 0 spiro atoms. The summed E-state index contributed by atoms with van der Waals surface area (Å²) in [6.45, 7) is 6.51. The summed E-state index contributed by atoms with van der Waals surface area (Å²) in [5.74, 6) is 0.810. The fraction of sp³-hybridized carbons (Fsp3) is 0.650. The van der Waals surface area contributed by atoms with Gasteiger partial charge in [0.25, 0.3) is 5.91 Å². The molecule has 7 heteroatoms. The van der Waals surface area contributed by atoms with Crippen LogP contribution in [0.25, 0.3) is 11.0 Å². The van der Waals surface area contributed by atoms with Gasteiger partial charge in [-0.05, 0) is 58.2 Å². The Morgan fingerprint density at radius 1 is 1.37 bits per heavy atom. The first-order valence-corrected chi connectivity index (χ1v) is 9.86. The summed E-state index contributed by atoms with van der Waals surface area (Å²) in [6.07, 6.45) is 6.27. The number of H-pyrrole nitrogens is 1. The molecular weight excluding hydrogens is 342 g/mol. The third-order valence-corrected chi connectivity index (χ3v) is 5.58. The van der Waals surface area contributed by atoms with Crippen LogP contribution in [0.4, 0.5) is 0 Å². The van der Waals surface area contributed by atoms with Gasteiger partial charge in [-0.2, -0.15) is 5.10 Å². The van der Waals surface area contributed by atoms with E-state index in [1.165, 1.54) is 12.8 Å². The van der Waals surface area contributed by atoms with Gasteiger partial charge in [-0.3, -0.25) is 9.89 Å².